The van der Waals surface area contributed by atoms with Crippen molar-refractivity contribution in [1.29, 1.82) is 0 Å². The van der Waals surface area contributed by atoms with Crippen LogP contribution in [0.5, 0.6) is 17.2 Å². The van der Waals surface area contributed by atoms with E-state index in [1.807, 2.05) is 0 Å². The lowest BCUT2D eigenvalue weighted by molar-refractivity contribution is -0.147. The van der Waals surface area contributed by atoms with Gasteiger partial charge in [0.05, 0.1) is 12.0 Å². The number of fused-ring (bicyclic) bond motifs is 1. The van der Waals surface area contributed by atoms with Gasteiger partial charge in [0.15, 0.2) is 11.5 Å². The van der Waals surface area contributed by atoms with Gasteiger partial charge in [0.2, 0.25) is 6.79 Å². The molecule has 5 nitrogen and oxygen atoms in total. The molecule has 0 bridgehead atoms. The summed E-state index contributed by atoms with van der Waals surface area (Å²) in [5, 5.41) is 8.97. The van der Waals surface area contributed by atoms with Crippen LogP contribution >= 0.6 is 0 Å². The SMILES string of the molecule is CC(C)(CCOc1ccc2c(c1)OCO2)C(=O)O. The highest BCUT2D eigenvalue weighted by molar-refractivity contribution is 5.73. The highest BCUT2D eigenvalue weighted by Crippen LogP contribution is 2.35. The van der Waals surface area contributed by atoms with E-state index in [-0.39, 0.29) is 6.79 Å². The second kappa shape index (κ2) is 4.76. The molecule has 0 aromatic heterocycles. The van der Waals surface area contributed by atoms with Gasteiger partial charge >= 0.3 is 5.97 Å². The Labute approximate surface area is 105 Å². The second-order valence-corrected chi connectivity index (χ2v) is 4.80. The molecular weight excluding hydrogens is 236 g/mol. The fourth-order valence-corrected chi connectivity index (χ4v) is 1.50. The van der Waals surface area contributed by atoms with Crippen molar-refractivity contribution in [1.82, 2.24) is 0 Å². The largest absolute Gasteiger partial charge is 0.493 e. The van der Waals surface area contributed by atoms with Crippen molar-refractivity contribution in [2.45, 2.75) is 20.3 Å². The molecule has 0 aliphatic carbocycles. The first-order valence-corrected chi connectivity index (χ1v) is 5.75. The van der Waals surface area contributed by atoms with Crippen molar-refractivity contribution in [3.05, 3.63) is 18.2 Å². The minimum Gasteiger partial charge on any atom is -0.493 e. The molecule has 0 unspecified atom stereocenters. The monoisotopic (exact) mass is 252 g/mol. The van der Waals surface area contributed by atoms with Gasteiger partial charge in [-0.05, 0) is 32.4 Å². The molecule has 1 aromatic rings. The van der Waals surface area contributed by atoms with E-state index in [4.69, 9.17) is 19.3 Å². The summed E-state index contributed by atoms with van der Waals surface area (Å²) >= 11 is 0. The van der Waals surface area contributed by atoms with E-state index in [0.29, 0.717) is 30.3 Å². The van der Waals surface area contributed by atoms with E-state index in [2.05, 4.69) is 0 Å². The van der Waals surface area contributed by atoms with Crippen LogP contribution in [0.1, 0.15) is 20.3 Å². The zero-order valence-corrected chi connectivity index (χ0v) is 10.4. The van der Waals surface area contributed by atoms with Crippen molar-refractivity contribution in [2.24, 2.45) is 5.41 Å². The number of carboxylic acids is 1. The smallest absolute Gasteiger partial charge is 0.309 e. The van der Waals surface area contributed by atoms with E-state index < -0.39 is 11.4 Å². The summed E-state index contributed by atoms with van der Waals surface area (Å²) < 4.78 is 15.9. The Bertz CT molecular complexity index is 453. The first kappa shape index (κ1) is 12.5. The van der Waals surface area contributed by atoms with Crippen LogP contribution in [0, 0.1) is 5.41 Å². The predicted octanol–water partition coefficient (Wildman–Crippen LogP) is 2.29. The molecule has 0 spiro atoms. The summed E-state index contributed by atoms with van der Waals surface area (Å²) in [4.78, 5) is 10.9. The number of aliphatic carboxylic acids is 1. The van der Waals surface area contributed by atoms with Gasteiger partial charge in [-0.1, -0.05) is 0 Å². The molecule has 0 atom stereocenters. The van der Waals surface area contributed by atoms with Crippen LogP contribution in [0.4, 0.5) is 0 Å². The maximum absolute atomic E-state index is 10.9. The molecule has 1 N–H and O–H groups in total. The Balaban J connectivity index is 1.89. The van der Waals surface area contributed by atoms with Crippen LogP contribution in [-0.2, 0) is 4.79 Å². The van der Waals surface area contributed by atoms with E-state index in [0.717, 1.165) is 0 Å². The number of carbonyl (C=O) groups is 1. The zero-order valence-electron chi connectivity index (χ0n) is 10.4. The fraction of sp³-hybridized carbons (Fsp3) is 0.462. The molecule has 0 saturated heterocycles. The van der Waals surface area contributed by atoms with Crippen LogP contribution in [0.15, 0.2) is 18.2 Å². The molecule has 0 radical (unpaired) electrons. The Hall–Kier alpha value is -1.91. The molecule has 5 heteroatoms. The minimum atomic E-state index is -0.822. The highest BCUT2D eigenvalue weighted by atomic mass is 16.7. The molecule has 98 valence electrons. The number of carboxylic acid groups (broad SMARTS) is 1. The van der Waals surface area contributed by atoms with Crippen molar-refractivity contribution in [3.8, 4) is 17.2 Å². The summed E-state index contributed by atoms with van der Waals surface area (Å²) in [6, 6.07) is 5.30. The van der Waals surface area contributed by atoms with Crippen LogP contribution in [0.3, 0.4) is 0 Å². The summed E-state index contributed by atoms with van der Waals surface area (Å²) in [5.41, 5.74) is -0.781. The third kappa shape index (κ3) is 2.67. The van der Waals surface area contributed by atoms with Crippen LogP contribution < -0.4 is 14.2 Å². The molecule has 0 fully saturated rings. The third-order valence-electron chi connectivity index (χ3n) is 2.92. The predicted molar refractivity (Wildman–Crippen MR) is 64.1 cm³/mol. The average molecular weight is 252 g/mol. The van der Waals surface area contributed by atoms with Gasteiger partial charge in [0, 0.05) is 6.07 Å². The van der Waals surface area contributed by atoms with Gasteiger partial charge in [-0.15, -0.1) is 0 Å². The van der Waals surface area contributed by atoms with Crippen molar-refractivity contribution >= 4 is 5.97 Å². The zero-order chi connectivity index (χ0) is 13.2. The Morgan fingerprint density at radius 3 is 2.83 bits per heavy atom. The molecule has 0 amide bonds. The van der Waals surface area contributed by atoms with Crippen LogP contribution in [-0.4, -0.2) is 24.5 Å². The summed E-state index contributed by atoms with van der Waals surface area (Å²) in [6.07, 6.45) is 0.441. The number of benzene rings is 1. The number of hydrogen-bond acceptors (Lipinski definition) is 4. The van der Waals surface area contributed by atoms with Gasteiger partial charge in [-0.3, -0.25) is 4.79 Å². The number of ether oxygens (including phenoxy) is 3. The maximum atomic E-state index is 10.9. The molecule has 1 aromatic carbocycles. The number of rotatable bonds is 5. The molecule has 2 rings (SSSR count). The molecular formula is C13H16O5. The van der Waals surface area contributed by atoms with Gasteiger partial charge < -0.3 is 19.3 Å². The maximum Gasteiger partial charge on any atom is 0.309 e. The summed E-state index contributed by atoms with van der Waals surface area (Å²) in [5.74, 6) is 1.19. The normalized spacial score (nSPS) is 13.4. The van der Waals surface area contributed by atoms with Gasteiger partial charge in [-0.2, -0.15) is 0 Å². The van der Waals surface area contributed by atoms with E-state index in [1.165, 1.54) is 0 Å². The van der Waals surface area contributed by atoms with Gasteiger partial charge in [0.1, 0.15) is 5.75 Å². The van der Waals surface area contributed by atoms with Crippen molar-refractivity contribution in [2.75, 3.05) is 13.4 Å². The second-order valence-electron chi connectivity index (χ2n) is 4.80. The van der Waals surface area contributed by atoms with E-state index >= 15 is 0 Å². The lowest BCUT2D eigenvalue weighted by atomic mass is 9.90. The quantitative estimate of drug-likeness (QED) is 0.871. The first-order valence-electron chi connectivity index (χ1n) is 5.75. The molecule has 18 heavy (non-hydrogen) atoms. The van der Waals surface area contributed by atoms with Crippen LogP contribution in [0.2, 0.25) is 0 Å². The standard InChI is InChI=1S/C13H16O5/c1-13(2,12(14)15)5-6-16-9-3-4-10-11(7-9)18-8-17-10/h3-4,7H,5-6,8H2,1-2H3,(H,14,15). The average Bonchev–Trinajstić information content (AvgIpc) is 2.75. The highest BCUT2D eigenvalue weighted by Gasteiger charge is 2.26. The van der Waals surface area contributed by atoms with E-state index in [1.54, 1.807) is 32.0 Å². The molecule has 1 heterocycles. The lowest BCUT2D eigenvalue weighted by Gasteiger charge is -2.18. The van der Waals surface area contributed by atoms with Gasteiger partial charge in [-0.25, -0.2) is 0 Å². The Morgan fingerprint density at radius 1 is 1.39 bits per heavy atom. The Morgan fingerprint density at radius 2 is 2.11 bits per heavy atom. The summed E-state index contributed by atoms with van der Waals surface area (Å²) in [6.45, 7) is 3.93. The van der Waals surface area contributed by atoms with Crippen molar-refractivity contribution in [3.63, 3.8) is 0 Å². The molecule has 0 saturated carbocycles. The topological polar surface area (TPSA) is 65.0 Å². The molecule has 1 aliphatic heterocycles. The fourth-order valence-electron chi connectivity index (χ4n) is 1.50. The van der Waals surface area contributed by atoms with Gasteiger partial charge in [0.25, 0.3) is 0 Å². The lowest BCUT2D eigenvalue weighted by Crippen LogP contribution is -2.25. The number of hydrogen-bond donors (Lipinski definition) is 1. The summed E-state index contributed by atoms with van der Waals surface area (Å²) in [7, 11) is 0. The third-order valence-corrected chi connectivity index (χ3v) is 2.92. The molecule has 1 aliphatic rings. The van der Waals surface area contributed by atoms with Crippen molar-refractivity contribution < 1.29 is 24.1 Å². The first-order chi connectivity index (χ1) is 8.49. The Kier molecular flexibility index (Phi) is 3.32. The minimum absolute atomic E-state index is 0.227. The van der Waals surface area contributed by atoms with E-state index in [9.17, 15) is 4.79 Å². The van der Waals surface area contributed by atoms with Crippen LogP contribution in [0.25, 0.3) is 0 Å².